The molecule has 0 aromatic heterocycles. The number of benzene rings is 3. The molecule has 174 valence electrons. The maximum Gasteiger partial charge on any atom is 0.339 e. The number of rotatable bonds is 8. The first-order chi connectivity index (χ1) is 16.1. The van der Waals surface area contributed by atoms with Gasteiger partial charge in [0.05, 0.1) is 20.5 Å². The van der Waals surface area contributed by atoms with Gasteiger partial charge in [-0.05, 0) is 51.8 Å². The quantitative estimate of drug-likeness (QED) is 0.191. The van der Waals surface area contributed by atoms with Crippen LogP contribution >= 0.6 is 15.9 Å². The second-order valence-corrected chi connectivity index (χ2v) is 8.86. The molecule has 3 rings (SSSR count). The summed E-state index contributed by atoms with van der Waals surface area (Å²) in [6, 6.07) is 14.0. The summed E-state index contributed by atoms with van der Waals surface area (Å²) < 4.78 is 30.3. The number of hydrogen-bond acceptors (Lipinski definition) is 9. The lowest BCUT2D eigenvalue weighted by Gasteiger charge is -2.09. The van der Waals surface area contributed by atoms with Crippen molar-refractivity contribution in [1.82, 2.24) is 5.43 Å². The molecule has 14 heteroatoms. The molecule has 0 aliphatic rings. The van der Waals surface area contributed by atoms with E-state index in [1.807, 2.05) is 0 Å². The first kappa shape index (κ1) is 24.5. The first-order valence-corrected chi connectivity index (χ1v) is 11.3. The van der Waals surface area contributed by atoms with Crippen molar-refractivity contribution < 1.29 is 27.2 Å². The van der Waals surface area contributed by atoms with Crippen molar-refractivity contribution in [1.29, 1.82) is 0 Å². The average Bonchev–Trinajstić information content (AvgIpc) is 2.80. The van der Waals surface area contributed by atoms with Gasteiger partial charge in [0.25, 0.3) is 17.3 Å². The molecule has 3 aromatic carbocycles. The second-order valence-electron chi connectivity index (χ2n) is 6.46. The Kier molecular flexibility index (Phi) is 7.33. The van der Waals surface area contributed by atoms with E-state index in [1.165, 1.54) is 54.7 Å². The highest BCUT2D eigenvalue weighted by Crippen LogP contribution is 2.29. The van der Waals surface area contributed by atoms with Gasteiger partial charge >= 0.3 is 10.1 Å². The molecule has 1 amide bonds. The van der Waals surface area contributed by atoms with Crippen LogP contribution in [0.5, 0.6) is 5.75 Å². The van der Waals surface area contributed by atoms with E-state index >= 15 is 0 Å². The molecule has 0 radical (unpaired) electrons. The van der Waals surface area contributed by atoms with Crippen LogP contribution in [0.15, 0.2) is 81.2 Å². The molecule has 1 N–H and O–H groups in total. The van der Waals surface area contributed by atoms with Gasteiger partial charge in [0, 0.05) is 18.2 Å². The fraction of sp³-hybridized carbons (Fsp3) is 0. The Balaban J connectivity index is 1.72. The van der Waals surface area contributed by atoms with Crippen molar-refractivity contribution in [3.05, 3.63) is 103 Å². The third kappa shape index (κ3) is 5.79. The lowest BCUT2D eigenvalue weighted by molar-refractivity contribution is -0.385. The molecule has 0 saturated carbocycles. The van der Waals surface area contributed by atoms with Gasteiger partial charge in [0.2, 0.25) is 0 Å². The molecule has 12 nitrogen and oxygen atoms in total. The topological polar surface area (TPSA) is 171 Å². The van der Waals surface area contributed by atoms with Gasteiger partial charge in [-0.2, -0.15) is 13.5 Å². The first-order valence-electron chi connectivity index (χ1n) is 9.14. The molecule has 0 heterocycles. The van der Waals surface area contributed by atoms with E-state index in [0.717, 1.165) is 18.2 Å². The normalized spacial score (nSPS) is 11.2. The molecule has 0 atom stereocenters. The van der Waals surface area contributed by atoms with Gasteiger partial charge in [-0.15, -0.1) is 0 Å². The van der Waals surface area contributed by atoms with Crippen LogP contribution in [0.2, 0.25) is 0 Å². The predicted molar refractivity (Wildman–Crippen MR) is 123 cm³/mol. The Hall–Kier alpha value is -4.17. The molecule has 0 fully saturated rings. The lowest BCUT2D eigenvalue weighted by atomic mass is 10.2. The highest BCUT2D eigenvalue weighted by atomic mass is 79.9. The van der Waals surface area contributed by atoms with Gasteiger partial charge in [0.1, 0.15) is 10.5 Å². The Labute approximate surface area is 200 Å². The van der Waals surface area contributed by atoms with Crippen LogP contribution < -0.4 is 9.61 Å². The highest BCUT2D eigenvalue weighted by molar-refractivity contribution is 9.10. The number of nitrogens with one attached hydrogen (secondary N) is 1. The van der Waals surface area contributed by atoms with Gasteiger partial charge in [-0.3, -0.25) is 25.0 Å². The van der Waals surface area contributed by atoms with Crippen LogP contribution in [0.3, 0.4) is 0 Å². The van der Waals surface area contributed by atoms with E-state index in [9.17, 15) is 33.4 Å². The van der Waals surface area contributed by atoms with Crippen LogP contribution in [0.25, 0.3) is 0 Å². The molecular formula is C20H13BrN4O8S. The zero-order chi connectivity index (χ0) is 24.9. The van der Waals surface area contributed by atoms with Crippen molar-refractivity contribution in [2.45, 2.75) is 4.90 Å². The minimum absolute atomic E-state index is 0.0902. The van der Waals surface area contributed by atoms with Gasteiger partial charge in [-0.25, -0.2) is 5.43 Å². The minimum Gasteiger partial charge on any atom is -0.378 e. The number of halogens is 1. The predicted octanol–water partition coefficient (Wildman–Crippen LogP) is 3.80. The number of hydrogen-bond donors (Lipinski definition) is 1. The fourth-order valence-corrected chi connectivity index (χ4v) is 4.21. The van der Waals surface area contributed by atoms with Crippen LogP contribution in [0, 0.1) is 20.2 Å². The summed E-state index contributed by atoms with van der Waals surface area (Å²) in [5.41, 5.74) is 1.66. The van der Waals surface area contributed by atoms with E-state index in [2.05, 4.69) is 26.5 Å². The third-order valence-electron chi connectivity index (χ3n) is 4.20. The smallest absolute Gasteiger partial charge is 0.339 e. The molecule has 0 spiro atoms. The number of amides is 1. The Bertz CT molecular complexity index is 1430. The maximum atomic E-state index is 12.5. The molecule has 3 aromatic rings. The minimum atomic E-state index is -4.35. The lowest BCUT2D eigenvalue weighted by Crippen LogP contribution is -2.18. The van der Waals surface area contributed by atoms with Gasteiger partial charge < -0.3 is 4.18 Å². The number of nitro groups is 2. The van der Waals surface area contributed by atoms with Crippen molar-refractivity contribution in [2.75, 3.05) is 0 Å². The molecular weight excluding hydrogens is 536 g/mol. The standard InChI is InChI=1S/C20H13BrN4O8S/c21-17-10-13(12-22-23-20(26)16-6-1-2-7-18(16)25(29)30)8-9-19(17)33-34(31,32)15-5-3-4-14(11-15)24(27)28/h1-12H,(H,23,26)/b22-12-. The summed E-state index contributed by atoms with van der Waals surface area (Å²) in [6.07, 6.45) is 1.23. The summed E-state index contributed by atoms with van der Waals surface area (Å²) in [4.78, 5) is 32.3. The van der Waals surface area contributed by atoms with Crippen molar-refractivity contribution in [3.63, 3.8) is 0 Å². The number of carbonyl (C=O) groups is 1. The van der Waals surface area contributed by atoms with Gasteiger partial charge in [0.15, 0.2) is 5.75 Å². The van der Waals surface area contributed by atoms with Crippen LogP contribution in [0.4, 0.5) is 11.4 Å². The Morgan fingerprint density at radius 2 is 1.74 bits per heavy atom. The van der Waals surface area contributed by atoms with Crippen LogP contribution in [-0.4, -0.2) is 30.4 Å². The molecule has 0 unspecified atom stereocenters. The molecule has 0 bridgehead atoms. The Morgan fingerprint density at radius 1 is 1.00 bits per heavy atom. The number of carbonyl (C=O) groups excluding carboxylic acids is 1. The van der Waals surface area contributed by atoms with E-state index < -0.39 is 36.5 Å². The SMILES string of the molecule is O=C(N/N=C\c1ccc(OS(=O)(=O)c2cccc([N+](=O)[O-])c2)c(Br)c1)c1ccccc1[N+](=O)[O-]. The number of hydrazone groups is 1. The zero-order valence-electron chi connectivity index (χ0n) is 16.8. The van der Waals surface area contributed by atoms with Crippen molar-refractivity contribution in [2.24, 2.45) is 5.10 Å². The van der Waals surface area contributed by atoms with E-state index in [-0.39, 0.29) is 21.5 Å². The molecule has 0 saturated heterocycles. The van der Waals surface area contributed by atoms with Crippen molar-refractivity contribution >= 4 is 49.5 Å². The molecule has 34 heavy (non-hydrogen) atoms. The van der Waals surface area contributed by atoms with Crippen LogP contribution in [0.1, 0.15) is 15.9 Å². The second kappa shape index (κ2) is 10.2. The highest BCUT2D eigenvalue weighted by Gasteiger charge is 2.21. The Morgan fingerprint density at radius 3 is 2.41 bits per heavy atom. The van der Waals surface area contributed by atoms with Crippen molar-refractivity contribution in [3.8, 4) is 5.75 Å². The molecule has 0 aliphatic heterocycles. The summed E-state index contributed by atoms with van der Waals surface area (Å²) in [7, 11) is -4.35. The summed E-state index contributed by atoms with van der Waals surface area (Å²) in [6.45, 7) is 0. The number of nitrogens with zero attached hydrogens (tertiary/aromatic N) is 3. The van der Waals surface area contributed by atoms with E-state index in [0.29, 0.717) is 5.56 Å². The summed E-state index contributed by atoms with van der Waals surface area (Å²) in [5, 5.41) is 25.7. The van der Waals surface area contributed by atoms with Crippen LogP contribution in [-0.2, 0) is 10.1 Å². The number of para-hydroxylation sites is 1. The van der Waals surface area contributed by atoms with Gasteiger partial charge in [-0.1, -0.05) is 18.2 Å². The molecule has 0 aliphatic carbocycles. The summed E-state index contributed by atoms with van der Waals surface area (Å²) in [5.74, 6) is -0.877. The number of non-ortho nitro benzene ring substituents is 1. The maximum absolute atomic E-state index is 12.5. The van der Waals surface area contributed by atoms with E-state index in [1.54, 1.807) is 0 Å². The monoisotopic (exact) mass is 548 g/mol. The third-order valence-corrected chi connectivity index (χ3v) is 6.05. The largest absolute Gasteiger partial charge is 0.378 e. The average molecular weight is 549 g/mol. The van der Waals surface area contributed by atoms with E-state index in [4.69, 9.17) is 4.18 Å². The number of nitro benzene ring substituents is 2. The fourth-order valence-electron chi connectivity index (χ4n) is 2.63. The zero-order valence-corrected chi connectivity index (χ0v) is 19.2. The summed E-state index contributed by atoms with van der Waals surface area (Å²) >= 11 is 3.17.